The Kier molecular flexibility index (Phi) is 8.82. The van der Waals surface area contributed by atoms with E-state index in [1.54, 1.807) is 12.1 Å². The minimum Gasteiger partial charge on any atom is -0.481 e. The molecule has 1 aliphatic carbocycles. The molecule has 0 radical (unpaired) electrons. The van der Waals surface area contributed by atoms with Gasteiger partial charge < -0.3 is 9.64 Å². The summed E-state index contributed by atoms with van der Waals surface area (Å²) in [4.78, 5) is 17.2. The summed E-state index contributed by atoms with van der Waals surface area (Å²) in [7, 11) is 1.88. The average molecular weight is 456 g/mol. The highest BCUT2D eigenvalue weighted by atomic mass is 35.5. The van der Waals surface area contributed by atoms with E-state index in [0.717, 1.165) is 25.9 Å². The van der Waals surface area contributed by atoms with Crippen molar-refractivity contribution in [3.05, 3.63) is 27.2 Å². The average Bonchev–Trinajstić information content (AvgIpc) is 3.14. The fourth-order valence-electron chi connectivity index (χ4n) is 4.13. The van der Waals surface area contributed by atoms with Gasteiger partial charge in [-0.1, -0.05) is 47.6 Å². The van der Waals surface area contributed by atoms with Crippen molar-refractivity contribution in [2.75, 3.05) is 26.7 Å². The Morgan fingerprint density at radius 1 is 1.11 bits per heavy atom. The number of likely N-dealkylation sites (tertiary alicyclic amines) is 1. The molecule has 1 aromatic carbocycles. The van der Waals surface area contributed by atoms with Crippen LogP contribution in [0.4, 0.5) is 0 Å². The Morgan fingerprint density at radius 3 is 2.33 bits per heavy atom. The fraction of sp³-hybridized carbons (Fsp3) is 0.632. The Balaban J connectivity index is 0.00000261. The van der Waals surface area contributed by atoms with E-state index in [0.29, 0.717) is 26.9 Å². The van der Waals surface area contributed by atoms with Gasteiger partial charge in [0.25, 0.3) is 5.91 Å². The Hall–Kier alpha value is -0.390. The first kappa shape index (κ1) is 22.9. The number of carbonyl (C=O) groups excluding carboxylic acids is 1. The maximum Gasteiger partial charge on any atom is 0.260 e. The molecule has 0 bridgehead atoms. The molecule has 2 atom stereocenters. The number of hydrogen-bond acceptors (Lipinski definition) is 3. The van der Waals surface area contributed by atoms with Gasteiger partial charge in [0.05, 0.1) is 10.0 Å². The van der Waals surface area contributed by atoms with E-state index < -0.39 is 0 Å². The first-order valence-electron chi connectivity index (χ1n) is 9.24. The fourth-order valence-corrected chi connectivity index (χ4v) is 5.06. The standard InChI is InChI=1S/C19H25Cl3N2O2.ClH/c1-23(16-6-2-3-7-17(16)24-8-4-5-9-24)18(25)12-26-19-14(21)10-13(20)11-15(19)22;/h10-11,16-17H,2-9,12H2,1H3;1H/t16-,17-;/m1./s1. The third-order valence-corrected chi connectivity index (χ3v) is 6.28. The van der Waals surface area contributed by atoms with Crippen molar-refractivity contribution in [1.82, 2.24) is 9.80 Å². The van der Waals surface area contributed by atoms with Crippen molar-refractivity contribution in [2.45, 2.75) is 50.6 Å². The van der Waals surface area contributed by atoms with Gasteiger partial charge in [0.15, 0.2) is 12.4 Å². The first-order valence-corrected chi connectivity index (χ1v) is 10.4. The molecule has 4 nitrogen and oxygen atoms in total. The monoisotopic (exact) mass is 454 g/mol. The predicted octanol–water partition coefficient (Wildman–Crippen LogP) is 5.31. The van der Waals surface area contributed by atoms with Crippen molar-refractivity contribution in [3.63, 3.8) is 0 Å². The summed E-state index contributed by atoms with van der Waals surface area (Å²) in [5.74, 6) is 0.252. The van der Waals surface area contributed by atoms with Gasteiger partial charge in [-0.15, -0.1) is 12.4 Å². The number of carbonyl (C=O) groups is 1. The van der Waals surface area contributed by atoms with Crippen LogP contribution in [0.1, 0.15) is 38.5 Å². The highest BCUT2D eigenvalue weighted by Gasteiger charge is 2.35. The molecule has 2 aliphatic rings. The normalized spacial score (nSPS) is 23.0. The largest absolute Gasteiger partial charge is 0.481 e. The number of rotatable bonds is 5. The molecule has 3 rings (SSSR count). The lowest BCUT2D eigenvalue weighted by Crippen LogP contribution is -2.54. The third kappa shape index (κ3) is 5.57. The summed E-state index contributed by atoms with van der Waals surface area (Å²) < 4.78 is 5.63. The highest BCUT2D eigenvalue weighted by Crippen LogP contribution is 2.36. The second-order valence-electron chi connectivity index (χ2n) is 7.15. The topological polar surface area (TPSA) is 32.8 Å². The van der Waals surface area contributed by atoms with Crippen LogP contribution in [0.3, 0.4) is 0 Å². The van der Waals surface area contributed by atoms with E-state index in [2.05, 4.69) is 4.90 Å². The molecule has 0 unspecified atom stereocenters. The quantitative estimate of drug-likeness (QED) is 0.602. The van der Waals surface area contributed by atoms with Crippen LogP contribution in [0.2, 0.25) is 15.1 Å². The summed E-state index contributed by atoms with van der Waals surface area (Å²) in [6.45, 7) is 2.21. The lowest BCUT2D eigenvalue weighted by Gasteiger charge is -2.42. The number of nitrogens with zero attached hydrogens (tertiary/aromatic N) is 2. The van der Waals surface area contributed by atoms with Gasteiger partial charge in [-0.25, -0.2) is 0 Å². The molecule has 1 aliphatic heterocycles. The number of benzene rings is 1. The molecule has 0 N–H and O–H groups in total. The highest BCUT2D eigenvalue weighted by molar-refractivity contribution is 6.40. The van der Waals surface area contributed by atoms with E-state index in [9.17, 15) is 4.79 Å². The number of ether oxygens (including phenoxy) is 1. The van der Waals surface area contributed by atoms with Crippen LogP contribution in [0, 0.1) is 0 Å². The zero-order valence-corrected chi connectivity index (χ0v) is 18.5. The van der Waals surface area contributed by atoms with Crippen molar-refractivity contribution >= 4 is 53.1 Å². The van der Waals surface area contributed by atoms with Gasteiger partial charge in [0.1, 0.15) is 0 Å². The first-order chi connectivity index (χ1) is 12.5. The zero-order valence-electron chi connectivity index (χ0n) is 15.4. The lowest BCUT2D eigenvalue weighted by atomic mass is 9.88. The second kappa shape index (κ2) is 10.4. The van der Waals surface area contributed by atoms with Crippen molar-refractivity contribution in [3.8, 4) is 5.75 Å². The molecule has 1 heterocycles. The summed E-state index contributed by atoms with van der Waals surface area (Å²) in [5.41, 5.74) is 0. The van der Waals surface area contributed by atoms with Gasteiger partial charge in [0, 0.05) is 24.2 Å². The number of hydrogen-bond donors (Lipinski definition) is 0. The van der Waals surface area contributed by atoms with Gasteiger partial charge in [-0.05, 0) is 50.9 Å². The molecule has 0 aromatic heterocycles. The molecule has 0 spiro atoms. The molecule has 1 amide bonds. The molecule has 8 heteroatoms. The minimum atomic E-state index is -0.0825. The zero-order chi connectivity index (χ0) is 18.7. The molecule has 152 valence electrons. The maximum absolute atomic E-state index is 12.7. The SMILES string of the molecule is CN(C(=O)COc1c(Cl)cc(Cl)cc1Cl)[C@@H]1CCCC[C@H]1N1CCCC1.Cl. The van der Waals surface area contributed by atoms with Crippen LogP contribution in [0.25, 0.3) is 0 Å². The van der Waals surface area contributed by atoms with Gasteiger partial charge in [0.2, 0.25) is 0 Å². The summed E-state index contributed by atoms with van der Waals surface area (Å²) >= 11 is 18.2. The van der Waals surface area contributed by atoms with E-state index in [-0.39, 0.29) is 31.0 Å². The number of likely N-dealkylation sites (N-methyl/N-ethyl adjacent to an activating group) is 1. The molecule has 1 aromatic rings. The predicted molar refractivity (Wildman–Crippen MR) is 114 cm³/mol. The number of halogens is 4. The smallest absolute Gasteiger partial charge is 0.260 e. The van der Waals surface area contributed by atoms with Gasteiger partial charge in [-0.2, -0.15) is 0 Å². The van der Waals surface area contributed by atoms with Crippen LogP contribution in [-0.4, -0.2) is 54.5 Å². The van der Waals surface area contributed by atoms with Crippen LogP contribution < -0.4 is 4.74 Å². The van der Waals surface area contributed by atoms with Crippen molar-refractivity contribution in [2.24, 2.45) is 0 Å². The van der Waals surface area contributed by atoms with Crippen molar-refractivity contribution in [1.29, 1.82) is 0 Å². The Labute approximate surface area is 182 Å². The summed E-state index contributed by atoms with van der Waals surface area (Å²) in [6.07, 6.45) is 7.15. The second-order valence-corrected chi connectivity index (χ2v) is 8.40. The molecular formula is C19H26Cl4N2O2. The maximum atomic E-state index is 12.7. The molecule has 27 heavy (non-hydrogen) atoms. The molecule has 1 saturated carbocycles. The molecular weight excluding hydrogens is 430 g/mol. The molecule has 1 saturated heterocycles. The van der Waals surface area contributed by atoms with Crippen LogP contribution in [-0.2, 0) is 4.79 Å². The van der Waals surface area contributed by atoms with E-state index >= 15 is 0 Å². The van der Waals surface area contributed by atoms with E-state index in [1.807, 2.05) is 11.9 Å². The van der Waals surface area contributed by atoms with Crippen molar-refractivity contribution < 1.29 is 9.53 Å². The lowest BCUT2D eigenvalue weighted by molar-refractivity contribution is -0.136. The van der Waals surface area contributed by atoms with Crippen LogP contribution >= 0.6 is 47.2 Å². The van der Waals surface area contributed by atoms with E-state index in [1.165, 1.54) is 25.7 Å². The summed E-state index contributed by atoms with van der Waals surface area (Å²) in [6, 6.07) is 3.82. The van der Waals surface area contributed by atoms with Crippen LogP contribution in [0.5, 0.6) is 5.75 Å². The summed E-state index contributed by atoms with van der Waals surface area (Å²) in [5, 5.41) is 1.06. The van der Waals surface area contributed by atoms with Gasteiger partial charge in [-0.3, -0.25) is 9.69 Å². The third-order valence-electron chi connectivity index (χ3n) is 5.50. The van der Waals surface area contributed by atoms with E-state index in [4.69, 9.17) is 39.5 Å². The molecule has 2 fully saturated rings. The Bertz CT molecular complexity index is 630. The van der Waals surface area contributed by atoms with Gasteiger partial charge >= 0.3 is 0 Å². The van der Waals surface area contributed by atoms with Crippen LogP contribution in [0.15, 0.2) is 12.1 Å². The number of amides is 1. The minimum absolute atomic E-state index is 0. The Morgan fingerprint density at radius 2 is 1.70 bits per heavy atom.